The summed E-state index contributed by atoms with van der Waals surface area (Å²) in [7, 11) is 0. The highest BCUT2D eigenvalue weighted by Crippen LogP contribution is 2.28. The van der Waals surface area contributed by atoms with Crippen molar-refractivity contribution in [2.45, 2.75) is 58.3 Å². The highest BCUT2D eigenvalue weighted by molar-refractivity contribution is 7.10. The molecule has 1 unspecified atom stereocenters. The molecule has 0 aliphatic carbocycles. The third-order valence-corrected chi connectivity index (χ3v) is 4.39. The van der Waals surface area contributed by atoms with Crippen molar-refractivity contribution in [3.8, 4) is 0 Å². The van der Waals surface area contributed by atoms with Gasteiger partial charge in [0.25, 0.3) is 0 Å². The third kappa shape index (κ3) is 3.54. The van der Waals surface area contributed by atoms with Gasteiger partial charge in [-0.3, -0.25) is 0 Å². The molecule has 3 heteroatoms. The van der Waals surface area contributed by atoms with Crippen LogP contribution in [0.3, 0.4) is 0 Å². The van der Waals surface area contributed by atoms with Crippen LogP contribution >= 0.6 is 11.3 Å². The van der Waals surface area contributed by atoms with Crippen LogP contribution in [-0.2, 0) is 17.7 Å². The van der Waals surface area contributed by atoms with Gasteiger partial charge in [0.1, 0.15) is 0 Å². The average molecular weight is 253 g/mol. The van der Waals surface area contributed by atoms with E-state index < -0.39 is 0 Å². The molecule has 0 saturated carbocycles. The fourth-order valence-corrected chi connectivity index (χ4v) is 3.35. The summed E-state index contributed by atoms with van der Waals surface area (Å²) in [5, 5.41) is 5.71. The number of rotatable bonds is 5. The molecule has 0 aromatic carbocycles. The van der Waals surface area contributed by atoms with Gasteiger partial charge >= 0.3 is 0 Å². The Morgan fingerprint density at radius 2 is 2.35 bits per heavy atom. The fourth-order valence-electron chi connectivity index (χ4n) is 2.41. The zero-order valence-corrected chi connectivity index (χ0v) is 11.9. The Bertz CT molecular complexity index is 359. The fraction of sp³-hybridized carbons (Fsp3) is 0.714. The number of hydrogen-bond acceptors (Lipinski definition) is 3. The number of aryl methyl sites for hydroxylation is 1. The first-order valence-corrected chi connectivity index (χ1v) is 7.42. The van der Waals surface area contributed by atoms with E-state index in [4.69, 9.17) is 4.74 Å². The summed E-state index contributed by atoms with van der Waals surface area (Å²) in [5.74, 6) is 0. The van der Waals surface area contributed by atoms with Crippen molar-refractivity contribution in [3.05, 3.63) is 21.9 Å². The number of ether oxygens (including phenoxy) is 1. The van der Waals surface area contributed by atoms with Gasteiger partial charge in [-0.2, -0.15) is 0 Å². The Hall–Kier alpha value is -0.380. The predicted octanol–water partition coefficient (Wildman–Crippen LogP) is 3.36. The minimum absolute atomic E-state index is 0.0872. The van der Waals surface area contributed by atoms with Gasteiger partial charge in [-0.05, 0) is 50.1 Å². The Morgan fingerprint density at radius 1 is 1.53 bits per heavy atom. The molecule has 1 N–H and O–H groups in total. The summed E-state index contributed by atoms with van der Waals surface area (Å²) in [6, 6.07) is 2.23. The molecule has 2 heterocycles. The van der Waals surface area contributed by atoms with Crippen LogP contribution < -0.4 is 5.32 Å². The minimum atomic E-state index is 0.0872. The lowest BCUT2D eigenvalue weighted by Gasteiger charge is -2.19. The molecule has 0 bridgehead atoms. The van der Waals surface area contributed by atoms with Gasteiger partial charge in [-0.1, -0.05) is 6.92 Å². The number of nitrogens with one attached hydrogen (secondary N) is 1. The summed E-state index contributed by atoms with van der Waals surface area (Å²) in [6.45, 7) is 8.54. The van der Waals surface area contributed by atoms with E-state index in [1.54, 1.807) is 0 Å². The Labute approximate surface area is 108 Å². The molecule has 96 valence electrons. The minimum Gasteiger partial charge on any atom is -0.371 e. The second-order valence-corrected chi connectivity index (χ2v) is 6.39. The van der Waals surface area contributed by atoms with Crippen molar-refractivity contribution in [1.82, 2.24) is 5.32 Å². The molecule has 1 aliphatic heterocycles. The van der Waals surface area contributed by atoms with Crippen molar-refractivity contribution in [3.63, 3.8) is 0 Å². The molecule has 1 aromatic rings. The largest absolute Gasteiger partial charge is 0.371 e. The monoisotopic (exact) mass is 253 g/mol. The van der Waals surface area contributed by atoms with E-state index in [0.29, 0.717) is 6.10 Å². The standard InChI is InChI=1S/C14H23NOS/c1-4-11-6-8-17-13(11)10-15-9-12-5-7-14(2,3)16-12/h6,8,12,15H,4-5,7,9-10H2,1-3H3. The molecular weight excluding hydrogens is 230 g/mol. The maximum atomic E-state index is 5.97. The molecule has 1 atom stereocenters. The van der Waals surface area contributed by atoms with Gasteiger partial charge in [0.05, 0.1) is 11.7 Å². The smallest absolute Gasteiger partial charge is 0.0707 e. The normalized spacial score (nSPS) is 23.1. The van der Waals surface area contributed by atoms with Crippen LogP contribution in [0, 0.1) is 0 Å². The van der Waals surface area contributed by atoms with E-state index in [1.165, 1.54) is 23.3 Å². The van der Waals surface area contributed by atoms with Crippen LogP contribution in [0.25, 0.3) is 0 Å². The summed E-state index contributed by atoms with van der Waals surface area (Å²) >= 11 is 1.85. The molecule has 1 fully saturated rings. The summed E-state index contributed by atoms with van der Waals surface area (Å²) in [5.41, 5.74) is 1.57. The second-order valence-electron chi connectivity index (χ2n) is 5.39. The zero-order valence-electron chi connectivity index (χ0n) is 11.1. The average Bonchev–Trinajstić information content (AvgIpc) is 2.85. The van der Waals surface area contributed by atoms with Gasteiger partial charge < -0.3 is 10.1 Å². The first-order chi connectivity index (χ1) is 8.11. The maximum absolute atomic E-state index is 5.97. The van der Waals surface area contributed by atoms with Crippen LogP contribution in [0.2, 0.25) is 0 Å². The Balaban J connectivity index is 1.73. The number of thiophene rings is 1. The third-order valence-electron chi connectivity index (χ3n) is 3.43. The van der Waals surface area contributed by atoms with Gasteiger partial charge in [-0.15, -0.1) is 11.3 Å². The summed E-state index contributed by atoms with van der Waals surface area (Å²) in [4.78, 5) is 1.48. The molecule has 0 radical (unpaired) electrons. The van der Waals surface area contributed by atoms with Crippen molar-refractivity contribution in [2.75, 3.05) is 6.54 Å². The Kier molecular flexibility index (Phi) is 4.23. The molecule has 0 spiro atoms. The lowest BCUT2D eigenvalue weighted by atomic mass is 10.1. The van der Waals surface area contributed by atoms with Gasteiger partial charge in [0.15, 0.2) is 0 Å². The van der Waals surface area contributed by atoms with E-state index in [2.05, 4.69) is 37.5 Å². The molecule has 1 aromatic heterocycles. The first kappa shape index (κ1) is 13.1. The van der Waals surface area contributed by atoms with Gasteiger partial charge in [0, 0.05) is 18.0 Å². The maximum Gasteiger partial charge on any atom is 0.0707 e. The highest BCUT2D eigenvalue weighted by Gasteiger charge is 2.31. The lowest BCUT2D eigenvalue weighted by molar-refractivity contribution is -0.0142. The van der Waals surface area contributed by atoms with Crippen molar-refractivity contribution >= 4 is 11.3 Å². The highest BCUT2D eigenvalue weighted by atomic mass is 32.1. The summed E-state index contributed by atoms with van der Waals surface area (Å²) < 4.78 is 5.97. The van der Waals surface area contributed by atoms with E-state index >= 15 is 0 Å². The van der Waals surface area contributed by atoms with E-state index in [0.717, 1.165) is 19.5 Å². The van der Waals surface area contributed by atoms with Gasteiger partial charge in [0.2, 0.25) is 0 Å². The summed E-state index contributed by atoms with van der Waals surface area (Å²) in [6.07, 6.45) is 3.90. The molecular formula is C14H23NOS. The molecule has 2 nitrogen and oxygen atoms in total. The van der Waals surface area contributed by atoms with Crippen LogP contribution in [0.4, 0.5) is 0 Å². The zero-order chi connectivity index (χ0) is 12.3. The first-order valence-electron chi connectivity index (χ1n) is 6.54. The van der Waals surface area contributed by atoms with E-state index in [1.807, 2.05) is 11.3 Å². The predicted molar refractivity (Wildman–Crippen MR) is 73.6 cm³/mol. The van der Waals surface area contributed by atoms with Crippen LogP contribution in [0.1, 0.15) is 44.1 Å². The molecule has 2 rings (SSSR count). The SMILES string of the molecule is CCc1ccsc1CNCC1CCC(C)(C)O1. The number of hydrogen-bond donors (Lipinski definition) is 1. The van der Waals surface area contributed by atoms with Crippen molar-refractivity contribution < 1.29 is 4.74 Å². The quantitative estimate of drug-likeness (QED) is 0.869. The second kappa shape index (κ2) is 5.51. The molecule has 0 amide bonds. The molecule has 17 heavy (non-hydrogen) atoms. The van der Waals surface area contributed by atoms with Crippen LogP contribution in [0.5, 0.6) is 0 Å². The molecule has 1 aliphatic rings. The topological polar surface area (TPSA) is 21.3 Å². The van der Waals surface area contributed by atoms with E-state index in [9.17, 15) is 0 Å². The molecule has 1 saturated heterocycles. The van der Waals surface area contributed by atoms with Crippen LogP contribution in [0.15, 0.2) is 11.4 Å². The van der Waals surface area contributed by atoms with Crippen molar-refractivity contribution in [2.24, 2.45) is 0 Å². The van der Waals surface area contributed by atoms with E-state index in [-0.39, 0.29) is 5.60 Å². The van der Waals surface area contributed by atoms with Gasteiger partial charge in [-0.25, -0.2) is 0 Å². The van der Waals surface area contributed by atoms with Crippen molar-refractivity contribution in [1.29, 1.82) is 0 Å². The van der Waals surface area contributed by atoms with Crippen LogP contribution in [-0.4, -0.2) is 18.2 Å². The Morgan fingerprint density at radius 3 is 3.00 bits per heavy atom. The lowest BCUT2D eigenvalue weighted by Crippen LogP contribution is -2.29.